The van der Waals surface area contributed by atoms with Gasteiger partial charge >= 0.3 is 12.1 Å². The molecule has 2 aromatic rings. The summed E-state index contributed by atoms with van der Waals surface area (Å²) in [4.78, 5) is 34.8. The molecule has 1 aliphatic carbocycles. The number of methoxy groups -OCH3 is 1. The fourth-order valence-electron chi connectivity index (χ4n) is 5.37. The lowest BCUT2D eigenvalue weighted by molar-refractivity contribution is 0.103. The Kier molecular flexibility index (Phi) is 6.61. The zero-order chi connectivity index (χ0) is 24.3. The summed E-state index contributed by atoms with van der Waals surface area (Å²) >= 11 is 0. The van der Waals surface area contributed by atoms with Crippen molar-refractivity contribution in [2.75, 3.05) is 25.1 Å². The Hall–Kier alpha value is -3.55. The van der Waals surface area contributed by atoms with E-state index >= 15 is 0 Å². The van der Waals surface area contributed by atoms with Crippen molar-refractivity contribution in [3.63, 3.8) is 0 Å². The number of nitrogens with zero attached hydrogens (tertiary/aromatic N) is 3. The second-order valence-electron chi connectivity index (χ2n) is 9.48. The monoisotopic (exact) mass is 476 g/mol. The van der Waals surface area contributed by atoms with Gasteiger partial charge in [-0.1, -0.05) is 55.7 Å². The second-order valence-corrected chi connectivity index (χ2v) is 9.48. The number of hydrogen-bond acceptors (Lipinski definition) is 5. The fraction of sp³-hybridized carbons (Fsp3) is 0.444. The van der Waals surface area contributed by atoms with Gasteiger partial charge < -0.3 is 14.4 Å². The minimum absolute atomic E-state index is 0.195. The second kappa shape index (κ2) is 9.98. The molecule has 2 heterocycles. The summed E-state index contributed by atoms with van der Waals surface area (Å²) in [7, 11) is 1.61. The highest BCUT2D eigenvalue weighted by Crippen LogP contribution is 2.39. The quantitative estimate of drug-likeness (QED) is 0.676. The lowest BCUT2D eigenvalue weighted by Crippen LogP contribution is -2.53. The number of urea groups is 1. The predicted molar refractivity (Wildman–Crippen MR) is 134 cm³/mol. The van der Waals surface area contributed by atoms with Crippen molar-refractivity contribution in [1.82, 2.24) is 10.2 Å². The van der Waals surface area contributed by atoms with Gasteiger partial charge in [-0.2, -0.15) is 0 Å². The number of rotatable bonds is 5. The van der Waals surface area contributed by atoms with Crippen molar-refractivity contribution in [3.05, 3.63) is 60.2 Å². The van der Waals surface area contributed by atoms with Crippen LogP contribution < -0.4 is 15.0 Å². The molecule has 0 radical (unpaired) electrons. The number of likely N-dealkylation sites (tertiary alicyclic amines) is 1. The first-order chi connectivity index (χ1) is 17.1. The van der Waals surface area contributed by atoms with E-state index < -0.39 is 5.54 Å². The summed E-state index contributed by atoms with van der Waals surface area (Å²) < 4.78 is 11.0. The average Bonchev–Trinajstić information content (AvgIpc) is 3.45. The number of anilines is 1. The molecule has 2 saturated heterocycles. The van der Waals surface area contributed by atoms with Gasteiger partial charge in [0.2, 0.25) is 0 Å². The molecule has 1 spiro atoms. The van der Waals surface area contributed by atoms with Crippen molar-refractivity contribution in [2.45, 2.75) is 56.7 Å². The molecular weight excluding hydrogens is 444 g/mol. The number of carbonyl (C=O) groups excluding carboxylic acids is 2. The molecule has 3 fully saturated rings. The first-order valence-electron chi connectivity index (χ1n) is 12.4. The van der Waals surface area contributed by atoms with Crippen molar-refractivity contribution >= 4 is 23.6 Å². The number of ether oxygens (including phenoxy) is 2. The molecule has 0 bridgehead atoms. The summed E-state index contributed by atoms with van der Waals surface area (Å²) in [6.07, 6.45) is 5.78. The molecule has 8 nitrogen and oxygen atoms in total. The van der Waals surface area contributed by atoms with Crippen LogP contribution in [0.1, 0.15) is 44.1 Å². The fourth-order valence-corrected chi connectivity index (χ4v) is 5.37. The van der Waals surface area contributed by atoms with Gasteiger partial charge in [-0.25, -0.2) is 9.59 Å². The van der Waals surface area contributed by atoms with Gasteiger partial charge in [-0.3, -0.25) is 15.2 Å². The Morgan fingerprint density at radius 3 is 2.69 bits per heavy atom. The highest BCUT2D eigenvalue weighted by atomic mass is 16.6. The molecule has 184 valence electrons. The predicted octanol–water partition coefficient (Wildman–Crippen LogP) is 4.74. The Labute approximate surface area is 205 Å². The molecule has 1 atom stereocenters. The molecule has 8 heteroatoms. The Morgan fingerprint density at radius 2 is 1.91 bits per heavy atom. The van der Waals surface area contributed by atoms with Crippen LogP contribution in [0.2, 0.25) is 0 Å². The number of aliphatic imine (C=N–C) groups is 1. The van der Waals surface area contributed by atoms with Crippen LogP contribution in [0, 0.1) is 0 Å². The number of amides is 3. The van der Waals surface area contributed by atoms with Crippen LogP contribution in [0.25, 0.3) is 0 Å². The third kappa shape index (κ3) is 4.70. The van der Waals surface area contributed by atoms with Crippen LogP contribution >= 0.6 is 0 Å². The van der Waals surface area contributed by atoms with E-state index in [0.717, 1.165) is 36.9 Å². The Morgan fingerprint density at radius 1 is 1.11 bits per heavy atom. The highest BCUT2D eigenvalue weighted by molar-refractivity contribution is 6.19. The first-order valence-corrected chi connectivity index (χ1v) is 12.4. The molecule has 35 heavy (non-hydrogen) atoms. The number of carbonyl (C=O) groups is 2. The van der Waals surface area contributed by atoms with Gasteiger partial charge in [-0.05, 0) is 37.0 Å². The summed E-state index contributed by atoms with van der Waals surface area (Å²) in [5.74, 6) is 1.33. The van der Waals surface area contributed by atoms with E-state index in [0.29, 0.717) is 31.1 Å². The van der Waals surface area contributed by atoms with Crippen LogP contribution in [-0.4, -0.2) is 54.6 Å². The van der Waals surface area contributed by atoms with E-state index in [1.807, 2.05) is 54.6 Å². The van der Waals surface area contributed by atoms with Gasteiger partial charge in [-0.15, -0.1) is 0 Å². The molecule has 5 rings (SSSR count). The molecule has 1 unspecified atom stereocenters. The maximum absolute atomic E-state index is 13.3. The lowest BCUT2D eigenvalue weighted by Gasteiger charge is -2.34. The van der Waals surface area contributed by atoms with Crippen LogP contribution in [0.15, 0.2) is 59.6 Å². The van der Waals surface area contributed by atoms with E-state index in [1.165, 1.54) is 6.42 Å². The molecule has 1 N–H and O–H groups in total. The third-order valence-electron chi connectivity index (χ3n) is 7.21. The zero-order valence-electron chi connectivity index (χ0n) is 20.1. The van der Waals surface area contributed by atoms with Crippen LogP contribution in [-0.2, 0) is 11.3 Å². The number of nitrogens with one attached hydrogen (secondary N) is 1. The van der Waals surface area contributed by atoms with E-state index in [4.69, 9.17) is 14.5 Å². The number of hydrogen-bond donors (Lipinski definition) is 1. The maximum Gasteiger partial charge on any atom is 0.410 e. The van der Waals surface area contributed by atoms with Crippen LogP contribution in [0.3, 0.4) is 0 Å². The summed E-state index contributed by atoms with van der Waals surface area (Å²) in [6.45, 7) is 1.01. The van der Waals surface area contributed by atoms with E-state index in [2.05, 4.69) is 5.32 Å². The molecule has 3 aliphatic rings. The Bertz CT molecular complexity index is 1100. The van der Waals surface area contributed by atoms with E-state index in [-0.39, 0.29) is 24.8 Å². The first kappa shape index (κ1) is 23.2. The van der Waals surface area contributed by atoms with Gasteiger partial charge in [0.25, 0.3) is 0 Å². The SMILES string of the molecule is COc1cccc(N2C(=O)NC(=NC3CCCCC3)C23CCN(C(=O)OCc2ccccc2)C3)c1. The average molecular weight is 477 g/mol. The summed E-state index contributed by atoms with van der Waals surface area (Å²) in [6, 6.07) is 17.1. The maximum atomic E-state index is 13.3. The van der Waals surface area contributed by atoms with Crippen LogP contribution in [0.4, 0.5) is 15.3 Å². The molecule has 0 aromatic heterocycles. The Balaban J connectivity index is 1.42. The van der Waals surface area contributed by atoms with Crippen LogP contribution in [0.5, 0.6) is 5.75 Å². The van der Waals surface area contributed by atoms with Gasteiger partial charge in [0, 0.05) is 12.6 Å². The van der Waals surface area contributed by atoms with Crippen molar-refractivity contribution < 1.29 is 19.1 Å². The minimum Gasteiger partial charge on any atom is -0.497 e. The standard InChI is InChI=1S/C27H32N4O4/c1-34-23-14-8-13-22(17-23)31-25(32)29-24(28-21-11-6-3-7-12-21)27(31)15-16-30(19-27)26(33)35-18-20-9-4-2-5-10-20/h2,4-5,8-10,13-14,17,21H,3,6-7,11-12,15-16,18-19H2,1H3,(H,28,29,32). The number of benzene rings is 2. The number of amidine groups is 1. The molecular formula is C27H32N4O4. The van der Waals surface area contributed by atoms with Crippen molar-refractivity contribution in [3.8, 4) is 5.75 Å². The topological polar surface area (TPSA) is 83.5 Å². The van der Waals surface area contributed by atoms with Gasteiger partial charge in [0.1, 0.15) is 23.7 Å². The van der Waals surface area contributed by atoms with Crippen molar-refractivity contribution in [2.24, 2.45) is 4.99 Å². The lowest BCUT2D eigenvalue weighted by atomic mass is 9.93. The summed E-state index contributed by atoms with van der Waals surface area (Å²) in [5.41, 5.74) is 0.896. The van der Waals surface area contributed by atoms with Gasteiger partial charge in [0.05, 0.1) is 25.4 Å². The molecule has 1 saturated carbocycles. The van der Waals surface area contributed by atoms with E-state index in [9.17, 15) is 9.59 Å². The minimum atomic E-state index is -0.757. The smallest absolute Gasteiger partial charge is 0.410 e. The molecule has 3 amide bonds. The third-order valence-corrected chi connectivity index (χ3v) is 7.21. The normalized spacial score (nSPS) is 23.7. The largest absolute Gasteiger partial charge is 0.497 e. The highest BCUT2D eigenvalue weighted by Gasteiger charge is 2.56. The molecule has 2 aromatic carbocycles. The van der Waals surface area contributed by atoms with Gasteiger partial charge in [0.15, 0.2) is 0 Å². The molecule has 2 aliphatic heterocycles. The summed E-state index contributed by atoms with van der Waals surface area (Å²) in [5, 5.41) is 3.05. The van der Waals surface area contributed by atoms with Crippen molar-refractivity contribution in [1.29, 1.82) is 0 Å². The van der Waals surface area contributed by atoms with E-state index in [1.54, 1.807) is 16.9 Å². The zero-order valence-corrected chi connectivity index (χ0v) is 20.1.